The van der Waals surface area contributed by atoms with E-state index in [0.29, 0.717) is 24.0 Å². The largest absolute Gasteiger partial charge is 0.388 e. The standard InChI is InChI=1S/C18H21N3O5/c1-10-9-21(18(26)20-16(10)24)13-8-7-12(14(22)15(13)23)19-17(25)11-5-3-2-4-6-11/h2-6,9,12-15,22-23H,7-8H2,1H3,(H,19,25)(H,20,24,26)/t12-,13-,14-,15-/m1/s1. The molecule has 1 aliphatic carbocycles. The first-order valence-corrected chi connectivity index (χ1v) is 8.42. The van der Waals surface area contributed by atoms with Crippen LogP contribution in [0.25, 0.3) is 0 Å². The molecule has 1 aromatic carbocycles. The Bertz CT molecular complexity index is 905. The summed E-state index contributed by atoms with van der Waals surface area (Å²) in [5.74, 6) is -0.336. The Hall–Kier alpha value is -2.71. The summed E-state index contributed by atoms with van der Waals surface area (Å²) in [5.41, 5.74) is -0.316. The molecule has 0 aliphatic heterocycles. The number of aryl methyl sites for hydroxylation is 1. The molecule has 4 N–H and O–H groups in total. The maximum absolute atomic E-state index is 12.3. The van der Waals surface area contributed by atoms with Gasteiger partial charge in [0, 0.05) is 17.3 Å². The number of aliphatic hydroxyl groups is 2. The highest BCUT2D eigenvalue weighted by atomic mass is 16.3. The lowest BCUT2D eigenvalue weighted by atomic mass is 9.85. The maximum Gasteiger partial charge on any atom is 0.328 e. The van der Waals surface area contributed by atoms with Crippen LogP contribution in [0.5, 0.6) is 0 Å². The van der Waals surface area contributed by atoms with E-state index in [1.165, 1.54) is 10.8 Å². The van der Waals surface area contributed by atoms with E-state index in [-0.39, 0.29) is 5.91 Å². The van der Waals surface area contributed by atoms with Crippen LogP contribution in [0.1, 0.15) is 34.8 Å². The molecule has 26 heavy (non-hydrogen) atoms. The Kier molecular flexibility index (Phi) is 5.06. The number of hydrogen-bond donors (Lipinski definition) is 4. The molecule has 0 bridgehead atoms. The monoisotopic (exact) mass is 359 g/mol. The van der Waals surface area contributed by atoms with Crippen LogP contribution in [0, 0.1) is 6.92 Å². The van der Waals surface area contributed by atoms with Gasteiger partial charge in [0.15, 0.2) is 0 Å². The number of carbonyl (C=O) groups is 1. The van der Waals surface area contributed by atoms with E-state index in [1.54, 1.807) is 37.3 Å². The van der Waals surface area contributed by atoms with Crippen molar-refractivity contribution in [3.63, 3.8) is 0 Å². The molecule has 8 nitrogen and oxygen atoms in total. The van der Waals surface area contributed by atoms with Crippen molar-refractivity contribution in [2.75, 3.05) is 0 Å². The normalized spacial score (nSPS) is 25.7. The van der Waals surface area contributed by atoms with Crippen LogP contribution in [0.15, 0.2) is 46.1 Å². The van der Waals surface area contributed by atoms with Crippen molar-refractivity contribution in [2.45, 2.75) is 44.1 Å². The zero-order valence-corrected chi connectivity index (χ0v) is 14.3. The Morgan fingerprint density at radius 3 is 2.54 bits per heavy atom. The van der Waals surface area contributed by atoms with Crippen LogP contribution in [0.2, 0.25) is 0 Å². The van der Waals surface area contributed by atoms with Gasteiger partial charge in [-0.1, -0.05) is 18.2 Å². The number of aromatic amines is 1. The van der Waals surface area contributed by atoms with E-state index in [1.807, 2.05) is 0 Å². The van der Waals surface area contributed by atoms with Crippen molar-refractivity contribution in [3.05, 3.63) is 68.5 Å². The fourth-order valence-electron chi connectivity index (χ4n) is 3.29. The third-order valence-corrected chi connectivity index (χ3v) is 4.79. The van der Waals surface area contributed by atoms with E-state index in [4.69, 9.17) is 0 Å². The highest BCUT2D eigenvalue weighted by Crippen LogP contribution is 2.28. The summed E-state index contributed by atoms with van der Waals surface area (Å²) in [6.45, 7) is 1.56. The van der Waals surface area contributed by atoms with Gasteiger partial charge in [-0.15, -0.1) is 0 Å². The number of aromatic nitrogens is 2. The number of aliphatic hydroxyl groups excluding tert-OH is 2. The van der Waals surface area contributed by atoms with Crippen LogP contribution in [-0.2, 0) is 0 Å². The molecule has 0 unspecified atom stereocenters. The minimum atomic E-state index is -1.26. The average molecular weight is 359 g/mol. The topological polar surface area (TPSA) is 124 Å². The molecule has 0 spiro atoms. The minimum absolute atomic E-state index is 0.336. The highest BCUT2D eigenvalue weighted by Gasteiger charge is 2.39. The highest BCUT2D eigenvalue weighted by molar-refractivity contribution is 5.94. The number of nitrogens with zero attached hydrogens (tertiary/aromatic N) is 1. The van der Waals surface area contributed by atoms with Gasteiger partial charge in [-0.3, -0.25) is 19.1 Å². The van der Waals surface area contributed by atoms with Gasteiger partial charge in [-0.25, -0.2) is 4.79 Å². The lowest BCUT2D eigenvalue weighted by molar-refractivity contribution is -0.0570. The summed E-state index contributed by atoms with van der Waals surface area (Å²) in [7, 11) is 0. The smallest absolute Gasteiger partial charge is 0.328 e. The molecule has 1 saturated carbocycles. The molecule has 1 fully saturated rings. The number of H-pyrrole nitrogens is 1. The predicted molar refractivity (Wildman–Crippen MR) is 94.0 cm³/mol. The van der Waals surface area contributed by atoms with Gasteiger partial charge >= 0.3 is 5.69 Å². The third kappa shape index (κ3) is 3.47. The van der Waals surface area contributed by atoms with Crippen LogP contribution in [0.3, 0.4) is 0 Å². The molecular formula is C18H21N3O5. The van der Waals surface area contributed by atoms with Crippen LogP contribution in [0.4, 0.5) is 0 Å². The van der Waals surface area contributed by atoms with Gasteiger partial charge in [0.25, 0.3) is 11.5 Å². The number of amides is 1. The number of hydrogen-bond acceptors (Lipinski definition) is 5. The van der Waals surface area contributed by atoms with Crippen LogP contribution in [-0.4, -0.2) is 43.9 Å². The van der Waals surface area contributed by atoms with Crippen LogP contribution >= 0.6 is 0 Å². The van der Waals surface area contributed by atoms with Gasteiger partial charge in [0.05, 0.1) is 12.1 Å². The van der Waals surface area contributed by atoms with Gasteiger partial charge in [0.1, 0.15) is 12.2 Å². The first-order valence-electron chi connectivity index (χ1n) is 8.42. The van der Waals surface area contributed by atoms with Gasteiger partial charge in [-0.2, -0.15) is 0 Å². The SMILES string of the molecule is Cc1cn([C@@H]2CC[C@@H](NC(=O)c3ccccc3)[C@@H](O)[C@@H]2O)c(=O)[nH]c1=O. The van der Waals surface area contributed by atoms with E-state index in [9.17, 15) is 24.6 Å². The minimum Gasteiger partial charge on any atom is -0.388 e. The number of carbonyl (C=O) groups excluding carboxylic acids is 1. The molecule has 138 valence electrons. The van der Waals surface area contributed by atoms with E-state index >= 15 is 0 Å². The summed E-state index contributed by atoms with van der Waals surface area (Å²) in [4.78, 5) is 38.0. The molecule has 2 aromatic rings. The molecule has 3 rings (SSSR count). The van der Waals surface area contributed by atoms with Crippen LogP contribution < -0.4 is 16.6 Å². The van der Waals surface area contributed by atoms with E-state index in [0.717, 1.165) is 0 Å². The summed E-state index contributed by atoms with van der Waals surface area (Å²) in [6.07, 6.45) is -0.367. The Morgan fingerprint density at radius 1 is 1.15 bits per heavy atom. The summed E-state index contributed by atoms with van der Waals surface area (Å²) >= 11 is 0. The third-order valence-electron chi connectivity index (χ3n) is 4.79. The second kappa shape index (κ2) is 7.27. The number of rotatable bonds is 3. The Balaban J connectivity index is 1.76. The molecular weight excluding hydrogens is 338 g/mol. The second-order valence-corrected chi connectivity index (χ2v) is 6.55. The van der Waals surface area contributed by atoms with Gasteiger partial charge < -0.3 is 15.5 Å². The zero-order chi connectivity index (χ0) is 18.8. The molecule has 4 atom stereocenters. The quantitative estimate of drug-likeness (QED) is 0.599. The van der Waals surface area contributed by atoms with Crippen molar-refractivity contribution in [1.82, 2.24) is 14.9 Å². The second-order valence-electron chi connectivity index (χ2n) is 6.55. The average Bonchev–Trinajstić information content (AvgIpc) is 2.63. The number of benzene rings is 1. The summed E-state index contributed by atoms with van der Waals surface area (Å²) < 4.78 is 1.24. The Morgan fingerprint density at radius 2 is 1.85 bits per heavy atom. The van der Waals surface area contributed by atoms with Crippen molar-refractivity contribution in [1.29, 1.82) is 0 Å². The lowest BCUT2D eigenvalue weighted by Gasteiger charge is -2.38. The van der Waals surface area contributed by atoms with Gasteiger partial charge in [0.2, 0.25) is 0 Å². The first kappa shape index (κ1) is 18.1. The fourth-order valence-corrected chi connectivity index (χ4v) is 3.29. The van der Waals surface area contributed by atoms with Gasteiger partial charge in [-0.05, 0) is 31.9 Å². The van der Waals surface area contributed by atoms with Crippen molar-refractivity contribution in [2.24, 2.45) is 0 Å². The molecule has 8 heteroatoms. The first-order chi connectivity index (χ1) is 12.4. The number of nitrogens with one attached hydrogen (secondary N) is 2. The zero-order valence-electron chi connectivity index (χ0n) is 14.3. The van der Waals surface area contributed by atoms with Crippen molar-refractivity contribution in [3.8, 4) is 0 Å². The molecule has 1 aliphatic rings. The van der Waals surface area contributed by atoms with E-state index < -0.39 is 35.5 Å². The molecule has 1 amide bonds. The fraction of sp³-hybridized carbons (Fsp3) is 0.389. The predicted octanol–water partition coefficient (Wildman–Crippen LogP) is -0.300. The van der Waals surface area contributed by atoms with Crippen molar-refractivity contribution >= 4 is 5.91 Å². The summed E-state index contributed by atoms with van der Waals surface area (Å²) in [6, 6.07) is 7.28. The summed E-state index contributed by atoms with van der Waals surface area (Å²) in [5, 5.41) is 23.6. The lowest BCUT2D eigenvalue weighted by Crippen LogP contribution is -2.55. The maximum atomic E-state index is 12.3. The van der Waals surface area contributed by atoms with E-state index in [2.05, 4.69) is 10.3 Å². The molecule has 0 saturated heterocycles. The molecule has 1 heterocycles. The molecule has 0 radical (unpaired) electrons. The van der Waals surface area contributed by atoms with Crippen molar-refractivity contribution < 1.29 is 15.0 Å². The molecule has 1 aromatic heterocycles. The Labute approximate surface area is 149 Å².